The molecule has 0 saturated heterocycles. The van der Waals surface area contributed by atoms with Crippen molar-refractivity contribution in [1.82, 2.24) is 0 Å². The molecule has 3 aromatic carbocycles. The van der Waals surface area contributed by atoms with E-state index in [2.05, 4.69) is 29.6 Å². The van der Waals surface area contributed by atoms with Crippen molar-refractivity contribution in [3.8, 4) is 5.75 Å². The Labute approximate surface area is 181 Å². The van der Waals surface area contributed by atoms with Gasteiger partial charge in [-0.25, -0.2) is 0 Å². The van der Waals surface area contributed by atoms with Crippen LogP contribution in [0.4, 0.5) is 5.69 Å². The van der Waals surface area contributed by atoms with E-state index in [9.17, 15) is 4.79 Å². The Morgan fingerprint density at radius 3 is 2.55 bits per heavy atom. The number of hydrogen-bond acceptors (Lipinski definition) is 3. The van der Waals surface area contributed by atoms with Crippen LogP contribution in [0.25, 0.3) is 0 Å². The SMILES string of the molecule is CC[C@H](Oc1cccc(Cl)c1)C(=O)Nc1ccc(CSc2ccccc2)cc1C. The predicted molar refractivity (Wildman–Crippen MR) is 122 cm³/mol. The maximum Gasteiger partial charge on any atom is 0.265 e. The molecule has 0 aliphatic heterocycles. The van der Waals surface area contributed by atoms with Gasteiger partial charge in [0.15, 0.2) is 6.10 Å². The van der Waals surface area contributed by atoms with Gasteiger partial charge in [-0.1, -0.05) is 54.9 Å². The van der Waals surface area contributed by atoms with E-state index in [4.69, 9.17) is 16.3 Å². The number of carbonyl (C=O) groups is 1. The average molecular weight is 426 g/mol. The van der Waals surface area contributed by atoms with E-state index in [0.29, 0.717) is 17.2 Å². The number of anilines is 1. The van der Waals surface area contributed by atoms with Gasteiger partial charge in [-0.2, -0.15) is 0 Å². The molecule has 1 atom stereocenters. The summed E-state index contributed by atoms with van der Waals surface area (Å²) < 4.78 is 5.83. The fourth-order valence-electron chi connectivity index (χ4n) is 2.88. The van der Waals surface area contributed by atoms with Crippen LogP contribution in [0, 0.1) is 6.92 Å². The second-order valence-corrected chi connectivity index (χ2v) is 8.20. The number of benzene rings is 3. The van der Waals surface area contributed by atoms with Gasteiger partial charge in [-0.05, 0) is 60.9 Å². The molecule has 0 bridgehead atoms. The van der Waals surface area contributed by atoms with Crippen molar-refractivity contribution in [2.75, 3.05) is 5.32 Å². The van der Waals surface area contributed by atoms with Gasteiger partial charge in [-0.3, -0.25) is 4.79 Å². The van der Waals surface area contributed by atoms with E-state index < -0.39 is 6.10 Å². The number of ether oxygens (including phenoxy) is 1. The van der Waals surface area contributed by atoms with Gasteiger partial charge < -0.3 is 10.1 Å². The summed E-state index contributed by atoms with van der Waals surface area (Å²) in [6.07, 6.45) is -0.0235. The highest BCUT2D eigenvalue weighted by molar-refractivity contribution is 7.98. The zero-order valence-electron chi connectivity index (χ0n) is 16.5. The van der Waals surface area contributed by atoms with Crippen molar-refractivity contribution in [2.45, 2.75) is 37.0 Å². The monoisotopic (exact) mass is 425 g/mol. The molecule has 0 unspecified atom stereocenters. The molecule has 0 saturated carbocycles. The third kappa shape index (κ3) is 6.28. The van der Waals surface area contributed by atoms with Crippen LogP contribution in [0.2, 0.25) is 5.02 Å². The summed E-state index contributed by atoms with van der Waals surface area (Å²) in [7, 11) is 0. The normalized spacial score (nSPS) is 11.7. The van der Waals surface area contributed by atoms with Gasteiger partial charge >= 0.3 is 0 Å². The Morgan fingerprint density at radius 2 is 1.86 bits per heavy atom. The van der Waals surface area contributed by atoms with Crippen LogP contribution in [-0.2, 0) is 10.5 Å². The molecular formula is C24H24ClNO2S. The van der Waals surface area contributed by atoms with Crippen LogP contribution in [0.15, 0.2) is 77.7 Å². The van der Waals surface area contributed by atoms with Crippen molar-refractivity contribution >= 4 is 35.0 Å². The molecule has 0 heterocycles. The van der Waals surface area contributed by atoms with Gasteiger partial charge in [0.25, 0.3) is 5.91 Å². The first-order chi connectivity index (χ1) is 14.0. The van der Waals surface area contributed by atoms with E-state index in [0.717, 1.165) is 17.0 Å². The lowest BCUT2D eigenvalue weighted by Crippen LogP contribution is -2.32. The quantitative estimate of drug-likeness (QED) is 0.406. The van der Waals surface area contributed by atoms with Crippen LogP contribution in [0.3, 0.4) is 0 Å². The Kier molecular flexibility index (Phi) is 7.62. The average Bonchev–Trinajstić information content (AvgIpc) is 2.73. The van der Waals surface area contributed by atoms with Crippen LogP contribution in [-0.4, -0.2) is 12.0 Å². The molecule has 3 nitrogen and oxygen atoms in total. The standard InChI is InChI=1S/C24H24ClNO2S/c1-3-23(28-20-9-7-8-19(25)15-20)24(27)26-22-13-12-18(14-17(22)2)16-29-21-10-5-4-6-11-21/h4-15,23H,3,16H2,1-2H3,(H,26,27)/t23-/m0/s1. The van der Waals surface area contributed by atoms with E-state index in [1.54, 1.807) is 36.0 Å². The van der Waals surface area contributed by atoms with E-state index >= 15 is 0 Å². The highest BCUT2D eigenvalue weighted by Gasteiger charge is 2.19. The lowest BCUT2D eigenvalue weighted by molar-refractivity contribution is -0.122. The summed E-state index contributed by atoms with van der Waals surface area (Å²) in [4.78, 5) is 13.9. The zero-order valence-corrected chi connectivity index (χ0v) is 18.1. The molecule has 1 amide bonds. The lowest BCUT2D eigenvalue weighted by atomic mass is 10.1. The first kappa shape index (κ1) is 21.3. The van der Waals surface area contributed by atoms with E-state index in [1.807, 2.05) is 38.1 Å². The van der Waals surface area contributed by atoms with Crippen molar-refractivity contribution < 1.29 is 9.53 Å². The number of halogens is 1. The smallest absolute Gasteiger partial charge is 0.265 e. The minimum atomic E-state index is -0.582. The Hall–Kier alpha value is -2.43. The molecule has 150 valence electrons. The molecule has 5 heteroatoms. The Bertz CT molecular complexity index is 962. The molecule has 0 fully saturated rings. The molecule has 3 rings (SSSR count). The Balaban J connectivity index is 1.61. The largest absolute Gasteiger partial charge is 0.481 e. The second kappa shape index (κ2) is 10.4. The van der Waals surface area contributed by atoms with Gasteiger partial charge in [-0.15, -0.1) is 11.8 Å². The Morgan fingerprint density at radius 1 is 1.07 bits per heavy atom. The van der Waals surface area contributed by atoms with Crippen LogP contribution < -0.4 is 10.1 Å². The topological polar surface area (TPSA) is 38.3 Å². The predicted octanol–water partition coefficient (Wildman–Crippen LogP) is 6.74. The van der Waals surface area contributed by atoms with Gasteiger partial charge in [0.05, 0.1) is 0 Å². The van der Waals surface area contributed by atoms with Crippen molar-refractivity contribution in [3.05, 3.63) is 88.9 Å². The summed E-state index contributed by atoms with van der Waals surface area (Å²) in [6.45, 7) is 3.93. The zero-order chi connectivity index (χ0) is 20.6. The van der Waals surface area contributed by atoms with Crippen LogP contribution in [0.1, 0.15) is 24.5 Å². The van der Waals surface area contributed by atoms with Crippen molar-refractivity contribution in [3.63, 3.8) is 0 Å². The molecule has 0 radical (unpaired) electrons. The highest BCUT2D eigenvalue weighted by Crippen LogP contribution is 2.25. The number of hydrogen-bond donors (Lipinski definition) is 1. The molecular weight excluding hydrogens is 402 g/mol. The first-order valence-corrected chi connectivity index (χ1v) is 10.9. The number of amides is 1. The maximum absolute atomic E-state index is 12.7. The molecule has 1 N–H and O–H groups in total. The fourth-order valence-corrected chi connectivity index (χ4v) is 3.92. The molecule has 0 spiro atoms. The summed E-state index contributed by atoms with van der Waals surface area (Å²) in [5, 5.41) is 3.57. The van der Waals surface area contributed by atoms with Crippen LogP contribution >= 0.6 is 23.4 Å². The van der Waals surface area contributed by atoms with Gasteiger partial charge in [0.1, 0.15) is 5.75 Å². The summed E-state index contributed by atoms with van der Waals surface area (Å²) in [6, 6.07) is 23.5. The summed E-state index contributed by atoms with van der Waals surface area (Å²) in [5.74, 6) is 1.31. The van der Waals surface area contributed by atoms with Gasteiger partial charge in [0.2, 0.25) is 0 Å². The molecule has 3 aromatic rings. The number of thioether (sulfide) groups is 1. The van der Waals surface area contributed by atoms with Crippen molar-refractivity contribution in [2.24, 2.45) is 0 Å². The van der Waals surface area contributed by atoms with Gasteiger partial charge in [0, 0.05) is 21.4 Å². The number of aryl methyl sites for hydroxylation is 1. The third-order valence-electron chi connectivity index (χ3n) is 4.44. The number of rotatable bonds is 8. The number of carbonyl (C=O) groups excluding carboxylic acids is 1. The molecule has 0 aliphatic rings. The number of nitrogens with one attached hydrogen (secondary N) is 1. The summed E-state index contributed by atoms with van der Waals surface area (Å²) in [5.41, 5.74) is 3.05. The highest BCUT2D eigenvalue weighted by atomic mass is 35.5. The summed E-state index contributed by atoms with van der Waals surface area (Å²) >= 11 is 7.79. The first-order valence-electron chi connectivity index (χ1n) is 9.55. The maximum atomic E-state index is 12.7. The lowest BCUT2D eigenvalue weighted by Gasteiger charge is -2.18. The van der Waals surface area contributed by atoms with E-state index in [-0.39, 0.29) is 5.91 Å². The third-order valence-corrected chi connectivity index (χ3v) is 5.75. The fraction of sp³-hybridized carbons (Fsp3) is 0.208. The minimum Gasteiger partial charge on any atom is -0.481 e. The van der Waals surface area contributed by atoms with Crippen LogP contribution in [0.5, 0.6) is 5.75 Å². The molecule has 0 aliphatic carbocycles. The van der Waals surface area contributed by atoms with E-state index in [1.165, 1.54) is 10.5 Å². The van der Waals surface area contributed by atoms with Crippen molar-refractivity contribution in [1.29, 1.82) is 0 Å². The molecule has 0 aromatic heterocycles. The molecule has 29 heavy (non-hydrogen) atoms. The second-order valence-electron chi connectivity index (χ2n) is 6.71. The minimum absolute atomic E-state index is 0.165.